The fourth-order valence-electron chi connectivity index (χ4n) is 2.15. The molecule has 106 valence electrons. The van der Waals surface area contributed by atoms with E-state index < -0.39 is 9.84 Å². The van der Waals surface area contributed by atoms with E-state index in [0.29, 0.717) is 11.4 Å². The third-order valence-electron chi connectivity index (χ3n) is 3.38. The van der Waals surface area contributed by atoms with Gasteiger partial charge in [-0.3, -0.25) is 0 Å². The molecule has 0 heterocycles. The number of aryl methyl sites for hydroxylation is 2. The summed E-state index contributed by atoms with van der Waals surface area (Å²) in [6.45, 7) is 4.85. The molecule has 0 aliphatic heterocycles. The van der Waals surface area contributed by atoms with Crippen LogP contribution in [-0.4, -0.2) is 14.7 Å². The van der Waals surface area contributed by atoms with Crippen LogP contribution in [0.1, 0.15) is 16.7 Å². The zero-order valence-electron chi connectivity index (χ0n) is 12.0. The predicted octanol–water partition coefficient (Wildman–Crippen LogP) is 3.32. The first kappa shape index (κ1) is 14.6. The Balaban J connectivity index is 2.20. The van der Waals surface area contributed by atoms with E-state index in [1.807, 2.05) is 12.1 Å². The third kappa shape index (κ3) is 3.39. The van der Waals surface area contributed by atoms with Gasteiger partial charge in [-0.15, -0.1) is 0 Å². The normalized spacial score (nSPS) is 11.3. The van der Waals surface area contributed by atoms with Gasteiger partial charge in [0.2, 0.25) is 0 Å². The van der Waals surface area contributed by atoms with Gasteiger partial charge in [0.25, 0.3) is 0 Å². The molecule has 1 N–H and O–H groups in total. The van der Waals surface area contributed by atoms with Crippen LogP contribution in [0.3, 0.4) is 0 Å². The standard InChI is InChI=1S/C16H19NO2S/c1-12-6-4-7-13(2)16(12)11-17-14-8-5-9-15(10-14)20(3,18)19/h4-10,17H,11H2,1-3H3. The third-order valence-corrected chi connectivity index (χ3v) is 4.49. The Bertz CT molecular complexity index is 701. The Labute approximate surface area is 120 Å². The van der Waals surface area contributed by atoms with E-state index in [-0.39, 0.29) is 0 Å². The highest BCUT2D eigenvalue weighted by Crippen LogP contribution is 2.18. The van der Waals surface area contributed by atoms with E-state index >= 15 is 0 Å². The van der Waals surface area contributed by atoms with Gasteiger partial charge in [-0.1, -0.05) is 24.3 Å². The Morgan fingerprint density at radius 3 is 2.20 bits per heavy atom. The van der Waals surface area contributed by atoms with Crippen molar-refractivity contribution in [3.05, 3.63) is 59.2 Å². The van der Waals surface area contributed by atoms with Crippen molar-refractivity contribution in [1.29, 1.82) is 0 Å². The lowest BCUT2D eigenvalue weighted by Crippen LogP contribution is -2.04. The second-order valence-electron chi connectivity index (χ2n) is 5.02. The van der Waals surface area contributed by atoms with Crippen LogP contribution in [0, 0.1) is 13.8 Å². The molecule has 0 fully saturated rings. The molecule has 20 heavy (non-hydrogen) atoms. The summed E-state index contributed by atoms with van der Waals surface area (Å²) in [4.78, 5) is 0.337. The van der Waals surface area contributed by atoms with Crippen molar-refractivity contribution in [3.63, 3.8) is 0 Å². The molecule has 0 saturated heterocycles. The van der Waals surface area contributed by atoms with Gasteiger partial charge in [0.1, 0.15) is 0 Å². The van der Waals surface area contributed by atoms with Crippen LogP contribution in [0.15, 0.2) is 47.4 Å². The molecule has 0 radical (unpaired) electrons. The minimum atomic E-state index is -3.16. The summed E-state index contributed by atoms with van der Waals surface area (Å²) in [6, 6.07) is 13.1. The highest BCUT2D eigenvalue weighted by molar-refractivity contribution is 7.90. The zero-order valence-corrected chi connectivity index (χ0v) is 12.8. The van der Waals surface area contributed by atoms with Crippen LogP contribution in [0.5, 0.6) is 0 Å². The maximum absolute atomic E-state index is 11.5. The van der Waals surface area contributed by atoms with Crippen molar-refractivity contribution >= 4 is 15.5 Å². The van der Waals surface area contributed by atoms with Crippen molar-refractivity contribution in [3.8, 4) is 0 Å². The van der Waals surface area contributed by atoms with Gasteiger partial charge in [-0.25, -0.2) is 8.42 Å². The monoisotopic (exact) mass is 289 g/mol. The second kappa shape index (κ2) is 5.67. The minimum absolute atomic E-state index is 0.337. The first-order valence-corrected chi connectivity index (χ1v) is 8.36. The maximum Gasteiger partial charge on any atom is 0.175 e. The van der Waals surface area contributed by atoms with E-state index in [1.165, 1.54) is 22.9 Å². The fourth-order valence-corrected chi connectivity index (χ4v) is 2.82. The van der Waals surface area contributed by atoms with E-state index in [0.717, 1.165) is 5.69 Å². The molecule has 0 spiro atoms. The molecule has 2 aromatic carbocycles. The first-order chi connectivity index (χ1) is 9.38. The molecule has 4 heteroatoms. The zero-order chi connectivity index (χ0) is 14.8. The molecular formula is C16H19NO2S. The van der Waals surface area contributed by atoms with E-state index in [4.69, 9.17) is 0 Å². The summed E-state index contributed by atoms with van der Waals surface area (Å²) in [6.07, 6.45) is 1.22. The lowest BCUT2D eigenvalue weighted by Gasteiger charge is -2.12. The Kier molecular flexibility index (Phi) is 4.14. The van der Waals surface area contributed by atoms with Crippen LogP contribution in [0.4, 0.5) is 5.69 Å². The predicted molar refractivity (Wildman–Crippen MR) is 82.8 cm³/mol. The topological polar surface area (TPSA) is 46.2 Å². The summed E-state index contributed by atoms with van der Waals surface area (Å²) in [5.74, 6) is 0. The number of sulfone groups is 1. The molecule has 3 nitrogen and oxygen atoms in total. The molecule has 0 bridgehead atoms. The van der Waals surface area contributed by atoms with E-state index in [9.17, 15) is 8.42 Å². The van der Waals surface area contributed by atoms with Gasteiger partial charge in [-0.05, 0) is 48.7 Å². The number of benzene rings is 2. The first-order valence-electron chi connectivity index (χ1n) is 6.47. The minimum Gasteiger partial charge on any atom is -0.381 e. The summed E-state index contributed by atoms with van der Waals surface area (Å²) in [5.41, 5.74) is 4.53. The molecule has 0 aliphatic rings. The highest BCUT2D eigenvalue weighted by atomic mass is 32.2. The lowest BCUT2D eigenvalue weighted by molar-refractivity contribution is 0.602. The highest BCUT2D eigenvalue weighted by Gasteiger charge is 2.07. The summed E-state index contributed by atoms with van der Waals surface area (Å²) in [7, 11) is -3.16. The summed E-state index contributed by atoms with van der Waals surface area (Å²) < 4.78 is 23.1. The van der Waals surface area contributed by atoms with Gasteiger partial charge in [0, 0.05) is 18.5 Å². The molecule has 0 aromatic heterocycles. The SMILES string of the molecule is Cc1cccc(C)c1CNc1cccc(S(C)(=O)=O)c1. The molecular weight excluding hydrogens is 270 g/mol. The molecule has 0 aliphatic carbocycles. The van der Waals surface area contributed by atoms with Crippen molar-refractivity contribution in [2.45, 2.75) is 25.3 Å². The van der Waals surface area contributed by atoms with Crippen LogP contribution in [0.2, 0.25) is 0 Å². The summed E-state index contributed by atoms with van der Waals surface area (Å²) >= 11 is 0. The van der Waals surface area contributed by atoms with Crippen molar-refractivity contribution in [1.82, 2.24) is 0 Å². The van der Waals surface area contributed by atoms with E-state index in [1.54, 1.807) is 18.2 Å². The molecule has 2 aromatic rings. The van der Waals surface area contributed by atoms with Crippen molar-refractivity contribution in [2.24, 2.45) is 0 Å². The van der Waals surface area contributed by atoms with Gasteiger partial charge in [-0.2, -0.15) is 0 Å². The van der Waals surface area contributed by atoms with Gasteiger partial charge in [0.05, 0.1) is 4.90 Å². The average Bonchev–Trinajstić information content (AvgIpc) is 2.37. The average molecular weight is 289 g/mol. The maximum atomic E-state index is 11.5. The number of anilines is 1. The van der Waals surface area contributed by atoms with Gasteiger partial charge in [0.15, 0.2) is 9.84 Å². The largest absolute Gasteiger partial charge is 0.381 e. The Morgan fingerprint density at radius 1 is 1.00 bits per heavy atom. The number of rotatable bonds is 4. The van der Waals surface area contributed by atoms with Crippen LogP contribution in [-0.2, 0) is 16.4 Å². The number of nitrogens with one attached hydrogen (secondary N) is 1. The number of hydrogen-bond donors (Lipinski definition) is 1. The summed E-state index contributed by atoms with van der Waals surface area (Å²) in [5, 5.41) is 3.29. The van der Waals surface area contributed by atoms with Crippen molar-refractivity contribution < 1.29 is 8.42 Å². The molecule has 0 amide bonds. The smallest absolute Gasteiger partial charge is 0.175 e. The van der Waals surface area contributed by atoms with Crippen LogP contribution < -0.4 is 5.32 Å². The van der Waals surface area contributed by atoms with Crippen LogP contribution in [0.25, 0.3) is 0 Å². The van der Waals surface area contributed by atoms with Gasteiger partial charge < -0.3 is 5.32 Å². The molecule has 0 saturated carbocycles. The van der Waals surface area contributed by atoms with Gasteiger partial charge >= 0.3 is 0 Å². The molecule has 0 unspecified atom stereocenters. The quantitative estimate of drug-likeness (QED) is 0.939. The lowest BCUT2D eigenvalue weighted by atomic mass is 10.0. The van der Waals surface area contributed by atoms with E-state index in [2.05, 4.69) is 31.3 Å². The van der Waals surface area contributed by atoms with Crippen molar-refractivity contribution in [2.75, 3.05) is 11.6 Å². The molecule has 0 atom stereocenters. The second-order valence-corrected chi connectivity index (χ2v) is 7.04. The Morgan fingerprint density at radius 2 is 1.60 bits per heavy atom. The molecule has 2 rings (SSSR count). The fraction of sp³-hybridized carbons (Fsp3) is 0.250. The Hall–Kier alpha value is -1.81. The van der Waals surface area contributed by atoms with Crippen LogP contribution >= 0.6 is 0 Å². The number of hydrogen-bond acceptors (Lipinski definition) is 3.